The summed E-state index contributed by atoms with van der Waals surface area (Å²) in [5.41, 5.74) is 2.26. The number of hydrogen-bond acceptors (Lipinski definition) is 4. The van der Waals surface area contributed by atoms with Crippen molar-refractivity contribution in [1.82, 2.24) is 10.2 Å². The van der Waals surface area contributed by atoms with E-state index in [9.17, 15) is 0 Å². The highest BCUT2D eigenvalue weighted by atomic mass is 79.9. The summed E-state index contributed by atoms with van der Waals surface area (Å²) in [4.78, 5) is 0.294. The lowest BCUT2D eigenvalue weighted by Gasteiger charge is -1.98. The van der Waals surface area contributed by atoms with Gasteiger partial charge in [0.2, 0.25) is 0 Å². The van der Waals surface area contributed by atoms with E-state index in [1.54, 1.807) is 11.3 Å². The van der Waals surface area contributed by atoms with Crippen LogP contribution in [-0.2, 0) is 0 Å². The Morgan fingerprint density at radius 1 is 1.24 bits per heavy atom. The number of aryl methyl sites for hydroxylation is 2. The summed E-state index contributed by atoms with van der Waals surface area (Å²) < 4.78 is 5.62. The minimum Gasteiger partial charge on any atom is -0.466 e. The average Bonchev–Trinajstić information content (AvgIpc) is 2.85. The third-order valence-corrected chi connectivity index (χ3v) is 5.28. The molecule has 1 atom stereocenters. The SMILES string of the molecule is CCC(Br)c1nnc(-c2c(C)oc(C)c2C)s1. The largest absolute Gasteiger partial charge is 0.466 e. The molecule has 0 saturated carbocycles. The number of aromatic nitrogens is 2. The highest BCUT2D eigenvalue weighted by molar-refractivity contribution is 9.09. The number of halogens is 1. The second-order valence-electron chi connectivity index (χ2n) is 4.04. The Morgan fingerprint density at radius 3 is 2.47 bits per heavy atom. The molecule has 0 fully saturated rings. The van der Waals surface area contributed by atoms with Gasteiger partial charge in [-0.2, -0.15) is 0 Å². The molecular formula is C12H15BrN2OS. The normalized spacial score (nSPS) is 13.0. The summed E-state index contributed by atoms with van der Waals surface area (Å²) in [6.07, 6.45) is 1.01. The molecule has 0 saturated heterocycles. The monoisotopic (exact) mass is 314 g/mol. The second kappa shape index (κ2) is 4.90. The van der Waals surface area contributed by atoms with Crippen molar-refractivity contribution in [2.75, 3.05) is 0 Å². The number of alkyl halides is 1. The van der Waals surface area contributed by atoms with Gasteiger partial charge in [0, 0.05) is 5.56 Å². The van der Waals surface area contributed by atoms with E-state index < -0.39 is 0 Å². The van der Waals surface area contributed by atoms with E-state index in [0.717, 1.165) is 39.1 Å². The lowest BCUT2D eigenvalue weighted by molar-refractivity contribution is 0.503. The zero-order valence-corrected chi connectivity index (χ0v) is 12.8. The first-order valence-electron chi connectivity index (χ1n) is 5.59. The van der Waals surface area contributed by atoms with E-state index in [-0.39, 0.29) is 0 Å². The van der Waals surface area contributed by atoms with Gasteiger partial charge in [-0.3, -0.25) is 0 Å². The first-order chi connectivity index (χ1) is 8.04. The van der Waals surface area contributed by atoms with Gasteiger partial charge in [-0.15, -0.1) is 10.2 Å². The molecule has 0 bridgehead atoms. The molecule has 17 heavy (non-hydrogen) atoms. The van der Waals surface area contributed by atoms with Crippen molar-refractivity contribution in [1.29, 1.82) is 0 Å². The minimum atomic E-state index is 0.294. The van der Waals surface area contributed by atoms with E-state index >= 15 is 0 Å². The van der Waals surface area contributed by atoms with Gasteiger partial charge < -0.3 is 4.42 Å². The van der Waals surface area contributed by atoms with Crippen LogP contribution in [0.25, 0.3) is 10.6 Å². The van der Waals surface area contributed by atoms with Crippen molar-refractivity contribution in [3.8, 4) is 10.6 Å². The molecule has 0 N–H and O–H groups in total. The summed E-state index contributed by atoms with van der Waals surface area (Å²) in [6.45, 7) is 8.14. The van der Waals surface area contributed by atoms with E-state index in [2.05, 4.69) is 40.0 Å². The van der Waals surface area contributed by atoms with Crippen LogP contribution < -0.4 is 0 Å². The van der Waals surface area contributed by atoms with Crippen LogP contribution in [0.2, 0.25) is 0 Å². The molecule has 92 valence electrons. The summed E-state index contributed by atoms with van der Waals surface area (Å²) in [6, 6.07) is 0. The van der Waals surface area contributed by atoms with E-state index in [0.29, 0.717) is 4.83 Å². The van der Waals surface area contributed by atoms with E-state index in [1.807, 2.05) is 13.8 Å². The fourth-order valence-corrected chi connectivity index (χ4v) is 3.17. The number of nitrogens with zero attached hydrogens (tertiary/aromatic N) is 2. The standard InChI is InChI=1S/C12H15BrN2OS/c1-5-9(13)11-14-15-12(17-11)10-6(2)7(3)16-8(10)4/h9H,5H2,1-4H3. The predicted molar refractivity (Wildman–Crippen MR) is 73.8 cm³/mol. The van der Waals surface area contributed by atoms with Gasteiger partial charge in [0.25, 0.3) is 0 Å². The Labute approximate surface area is 113 Å². The Hall–Kier alpha value is -0.680. The smallest absolute Gasteiger partial charge is 0.151 e. The maximum atomic E-state index is 5.62. The van der Waals surface area contributed by atoms with Crippen LogP contribution in [0.15, 0.2) is 4.42 Å². The van der Waals surface area contributed by atoms with Gasteiger partial charge in [-0.1, -0.05) is 34.2 Å². The molecule has 5 heteroatoms. The molecule has 2 heterocycles. The third kappa shape index (κ3) is 2.31. The van der Waals surface area contributed by atoms with Crippen LogP contribution in [0.4, 0.5) is 0 Å². The van der Waals surface area contributed by atoms with Gasteiger partial charge >= 0.3 is 0 Å². The highest BCUT2D eigenvalue weighted by Gasteiger charge is 2.19. The van der Waals surface area contributed by atoms with Crippen molar-refractivity contribution in [3.05, 3.63) is 22.1 Å². The molecule has 0 amide bonds. The second-order valence-corrected chi connectivity index (χ2v) is 6.15. The maximum Gasteiger partial charge on any atom is 0.151 e. The fourth-order valence-electron chi connectivity index (χ4n) is 1.75. The topological polar surface area (TPSA) is 38.9 Å². The molecule has 0 radical (unpaired) electrons. The molecule has 0 aliphatic rings. The number of rotatable bonds is 3. The molecular weight excluding hydrogens is 300 g/mol. The maximum absolute atomic E-state index is 5.62. The van der Waals surface area contributed by atoms with Crippen molar-refractivity contribution in [3.63, 3.8) is 0 Å². The first-order valence-corrected chi connectivity index (χ1v) is 7.32. The molecule has 0 aromatic carbocycles. The summed E-state index contributed by atoms with van der Waals surface area (Å²) in [5, 5.41) is 10.5. The van der Waals surface area contributed by atoms with Crippen LogP contribution >= 0.6 is 27.3 Å². The van der Waals surface area contributed by atoms with Crippen LogP contribution in [0.1, 0.15) is 40.3 Å². The van der Waals surface area contributed by atoms with Crippen LogP contribution in [0.5, 0.6) is 0 Å². The van der Waals surface area contributed by atoms with Gasteiger partial charge in [0.15, 0.2) is 5.01 Å². The average molecular weight is 315 g/mol. The molecule has 1 unspecified atom stereocenters. The molecule has 0 spiro atoms. The Morgan fingerprint density at radius 2 is 1.94 bits per heavy atom. The lowest BCUT2D eigenvalue weighted by atomic mass is 10.1. The van der Waals surface area contributed by atoms with Gasteiger partial charge in [-0.05, 0) is 27.2 Å². The summed E-state index contributed by atoms with van der Waals surface area (Å²) in [7, 11) is 0. The number of furan rings is 1. The van der Waals surface area contributed by atoms with Crippen molar-refractivity contribution < 1.29 is 4.42 Å². The van der Waals surface area contributed by atoms with Crippen LogP contribution in [0.3, 0.4) is 0 Å². The first kappa shape index (κ1) is 12.8. The molecule has 2 aromatic heterocycles. The summed E-state index contributed by atoms with van der Waals surface area (Å²) >= 11 is 5.23. The number of hydrogen-bond donors (Lipinski definition) is 0. The molecule has 0 aliphatic carbocycles. The highest BCUT2D eigenvalue weighted by Crippen LogP contribution is 2.36. The molecule has 3 nitrogen and oxygen atoms in total. The Balaban J connectivity index is 2.43. The fraction of sp³-hybridized carbons (Fsp3) is 0.500. The van der Waals surface area contributed by atoms with E-state index in [4.69, 9.17) is 4.42 Å². The minimum absolute atomic E-state index is 0.294. The third-order valence-electron chi connectivity index (χ3n) is 2.84. The van der Waals surface area contributed by atoms with Crippen LogP contribution in [0, 0.1) is 20.8 Å². The van der Waals surface area contributed by atoms with E-state index in [1.165, 1.54) is 0 Å². The van der Waals surface area contributed by atoms with Gasteiger partial charge in [0.05, 0.1) is 10.4 Å². The van der Waals surface area contributed by atoms with Crippen LogP contribution in [-0.4, -0.2) is 10.2 Å². The quantitative estimate of drug-likeness (QED) is 0.779. The van der Waals surface area contributed by atoms with Crippen molar-refractivity contribution >= 4 is 27.3 Å². The Kier molecular flexibility index (Phi) is 3.68. The Bertz CT molecular complexity index is 533. The molecule has 2 aromatic rings. The van der Waals surface area contributed by atoms with Crippen molar-refractivity contribution in [2.45, 2.75) is 38.9 Å². The van der Waals surface area contributed by atoms with Crippen molar-refractivity contribution in [2.24, 2.45) is 0 Å². The zero-order chi connectivity index (χ0) is 12.6. The zero-order valence-electron chi connectivity index (χ0n) is 10.4. The molecule has 2 rings (SSSR count). The predicted octanol–water partition coefficient (Wildman–Crippen LogP) is 4.57. The van der Waals surface area contributed by atoms with Gasteiger partial charge in [0.1, 0.15) is 16.5 Å². The van der Waals surface area contributed by atoms with Gasteiger partial charge in [-0.25, -0.2) is 0 Å². The lowest BCUT2D eigenvalue weighted by Crippen LogP contribution is -1.85. The molecule has 0 aliphatic heterocycles. The summed E-state index contributed by atoms with van der Waals surface area (Å²) in [5.74, 6) is 1.88.